The molecular formula is C8H10ClOP. The predicted molar refractivity (Wildman–Crippen MR) is 50.5 cm³/mol. The van der Waals surface area contributed by atoms with Crippen molar-refractivity contribution in [2.75, 3.05) is 13.3 Å². The Morgan fingerprint density at radius 3 is 2.36 bits per heavy atom. The van der Waals surface area contributed by atoms with E-state index >= 15 is 0 Å². The summed E-state index contributed by atoms with van der Waals surface area (Å²) >= 11 is 5.73. The highest BCUT2D eigenvalue weighted by Crippen LogP contribution is 2.34. The van der Waals surface area contributed by atoms with Gasteiger partial charge in [-0.3, -0.25) is 0 Å². The van der Waals surface area contributed by atoms with Crippen LogP contribution in [0.25, 0.3) is 0 Å². The van der Waals surface area contributed by atoms with Crippen molar-refractivity contribution in [2.45, 2.75) is 0 Å². The topological polar surface area (TPSA) is 17.1 Å². The predicted octanol–water partition coefficient (Wildman–Crippen LogP) is 2.59. The van der Waals surface area contributed by atoms with Gasteiger partial charge in [-0.2, -0.15) is 0 Å². The van der Waals surface area contributed by atoms with Crippen LogP contribution in [0.2, 0.25) is 5.02 Å². The van der Waals surface area contributed by atoms with E-state index in [1.165, 1.54) is 0 Å². The Hall–Kier alpha value is -0.260. The van der Waals surface area contributed by atoms with Crippen LogP contribution in [0.4, 0.5) is 0 Å². The van der Waals surface area contributed by atoms with Gasteiger partial charge in [-0.25, -0.2) is 0 Å². The van der Waals surface area contributed by atoms with Crippen LogP contribution in [0.1, 0.15) is 0 Å². The van der Waals surface area contributed by atoms with Crippen LogP contribution in [0.5, 0.6) is 0 Å². The zero-order valence-corrected chi connectivity index (χ0v) is 8.19. The minimum atomic E-state index is -2.13. The van der Waals surface area contributed by atoms with Crippen LogP contribution in [0, 0.1) is 0 Å². The number of halogens is 1. The molecule has 0 fully saturated rings. The van der Waals surface area contributed by atoms with Gasteiger partial charge < -0.3 is 4.57 Å². The molecule has 1 aromatic rings. The van der Waals surface area contributed by atoms with Gasteiger partial charge in [0.25, 0.3) is 0 Å². The van der Waals surface area contributed by atoms with Crippen LogP contribution < -0.4 is 5.30 Å². The smallest absolute Gasteiger partial charge is 0.109 e. The lowest BCUT2D eigenvalue weighted by Crippen LogP contribution is -2.00. The second-order valence-corrected chi connectivity index (χ2v) is 6.49. The first-order valence-electron chi connectivity index (χ1n) is 3.31. The van der Waals surface area contributed by atoms with Crippen molar-refractivity contribution in [3.05, 3.63) is 29.3 Å². The second-order valence-electron chi connectivity index (χ2n) is 2.83. The molecule has 0 saturated heterocycles. The monoisotopic (exact) mass is 188 g/mol. The molecule has 0 saturated carbocycles. The van der Waals surface area contributed by atoms with Gasteiger partial charge in [0.2, 0.25) is 0 Å². The van der Waals surface area contributed by atoms with Crippen molar-refractivity contribution in [2.24, 2.45) is 0 Å². The van der Waals surface area contributed by atoms with Crippen molar-refractivity contribution in [1.29, 1.82) is 0 Å². The zero-order valence-electron chi connectivity index (χ0n) is 6.54. The number of benzene rings is 1. The van der Waals surface area contributed by atoms with Gasteiger partial charge in [-0.05, 0) is 25.5 Å². The molecule has 0 radical (unpaired) electrons. The maximum atomic E-state index is 11.5. The molecule has 0 aliphatic rings. The van der Waals surface area contributed by atoms with Crippen LogP contribution in [0.15, 0.2) is 24.3 Å². The Kier molecular flexibility index (Phi) is 2.41. The third-order valence-electron chi connectivity index (χ3n) is 1.43. The molecule has 0 amide bonds. The van der Waals surface area contributed by atoms with E-state index < -0.39 is 7.14 Å². The summed E-state index contributed by atoms with van der Waals surface area (Å²) in [7, 11) is -2.13. The summed E-state index contributed by atoms with van der Waals surface area (Å²) in [5.74, 6) is 0. The summed E-state index contributed by atoms with van der Waals surface area (Å²) in [5.41, 5.74) is 0. The Morgan fingerprint density at radius 1 is 1.36 bits per heavy atom. The van der Waals surface area contributed by atoms with E-state index in [-0.39, 0.29) is 0 Å². The van der Waals surface area contributed by atoms with Gasteiger partial charge in [0.05, 0.1) is 0 Å². The first kappa shape index (κ1) is 8.83. The molecule has 3 heteroatoms. The first-order chi connectivity index (χ1) is 5.00. The molecule has 1 aromatic carbocycles. The lowest BCUT2D eigenvalue weighted by atomic mass is 10.4. The molecule has 11 heavy (non-hydrogen) atoms. The van der Waals surface area contributed by atoms with Crippen molar-refractivity contribution < 1.29 is 4.57 Å². The zero-order chi connectivity index (χ0) is 8.48. The molecule has 0 aliphatic carbocycles. The van der Waals surface area contributed by atoms with Crippen LogP contribution in [-0.2, 0) is 4.57 Å². The summed E-state index contributed by atoms with van der Waals surface area (Å²) < 4.78 is 11.5. The van der Waals surface area contributed by atoms with Gasteiger partial charge in [-0.1, -0.05) is 23.7 Å². The maximum Gasteiger partial charge on any atom is 0.109 e. The molecule has 0 bridgehead atoms. The fourth-order valence-corrected chi connectivity index (χ4v) is 1.97. The first-order valence-corrected chi connectivity index (χ1v) is 6.29. The Balaban J connectivity index is 3.17. The third-order valence-corrected chi connectivity index (χ3v) is 3.19. The Morgan fingerprint density at radius 2 is 2.00 bits per heavy atom. The lowest BCUT2D eigenvalue weighted by molar-refractivity contribution is 0.588. The van der Waals surface area contributed by atoms with Crippen molar-refractivity contribution in [1.82, 2.24) is 0 Å². The summed E-state index contributed by atoms with van der Waals surface area (Å²) in [5, 5.41) is 1.48. The van der Waals surface area contributed by atoms with E-state index in [1.54, 1.807) is 25.5 Å². The number of rotatable bonds is 1. The van der Waals surface area contributed by atoms with Crippen molar-refractivity contribution >= 4 is 24.0 Å². The molecule has 1 rings (SSSR count). The van der Waals surface area contributed by atoms with E-state index in [4.69, 9.17) is 11.6 Å². The molecule has 0 aliphatic heterocycles. The largest absolute Gasteiger partial charge is 0.319 e. The summed E-state index contributed by atoms with van der Waals surface area (Å²) in [6.45, 7) is 3.47. The van der Waals surface area contributed by atoms with Gasteiger partial charge in [0.15, 0.2) is 0 Å². The Labute approximate surface area is 71.8 Å². The minimum Gasteiger partial charge on any atom is -0.319 e. The van der Waals surface area contributed by atoms with E-state index in [0.29, 0.717) is 5.02 Å². The molecule has 60 valence electrons. The van der Waals surface area contributed by atoms with Crippen molar-refractivity contribution in [3.8, 4) is 0 Å². The van der Waals surface area contributed by atoms with E-state index in [2.05, 4.69) is 0 Å². The average Bonchev–Trinajstić information content (AvgIpc) is 1.86. The van der Waals surface area contributed by atoms with Gasteiger partial charge >= 0.3 is 0 Å². The average molecular weight is 189 g/mol. The lowest BCUT2D eigenvalue weighted by Gasteiger charge is -2.05. The molecule has 1 nitrogen and oxygen atoms in total. The summed E-state index contributed by atoms with van der Waals surface area (Å²) in [6.07, 6.45) is 0. The molecule has 0 spiro atoms. The van der Waals surface area contributed by atoms with Crippen molar-refractivity contribution in [3.63, 3.8) is 0 Å². The SMILES string of the molecule is CP(C)(=O)c1cccc(Cl)c1. The van der Waals surface area contributed by atoms with Gasteiger partial charge in [0, 0.05) is 10.3 Å². The third kappa shape index (κ3) is 2.36. The molecular weight excluding hydrogens is 179 g/mol. The quantitative estimate of drug-likeness (QED) is 0.619. The summed E-state index contributed by atoms with van der Waals surface area (Å²) in [6, 6.07) is 7.19. The molecule has 0 unspecified atom stereocenters. The highest BCUT2D eigenvalue weighted by atomic mass is 35.5. The van der Waals surface area contributed by atoms with E-state index in [1.807, 2.05) is 12.1 Å². The fourth-order valence-electron chi connectivity index (χ4n) is 0.811. The van der Waals surface area contributed by atoms with E-state index in [9.17, 15) is 4.57 Å². The standard InChI is InChI=1S/C8H10ClOP/c1-11(2,10)8-5-3-4-7(9)6-8/h3-6H,1-2H3. The summed E-state index contributed by atoms with van der Waals surface area (Å²) in [4.78, 5) is 0. The molecule has 0 aromatic heterocycles. The number of hydrogen-bond donors (Lipinski definition) is 0. The maximum absolute atomic E-state index is 11.5. The molecule has 0 N–H and O–H groups in total. The van der Waals surface area contributed by atoms with Gasteiger partial charge in [-0.15, -0.1) is 0 Å². The van der Waals surface area contributed by atoms with Gasteiger partial charge in [0.1, 0.15) is 7.14 Å². The normalized spacial score (nSPS) is 11.5. The Bertz CT molecular complexity index is 303. The molecule has 0 heterocycles. The fraction of sp³-hybridized carbons (Fsp3) is 0.250. The number of hydrogen-bond acceptors (Lipinski definition) is 1. The van der Waals surface area contributed by atoms with E-state index in [0.717, 1.165) is 5.30 Å². The van der Waals surface area contributed by atoms with Crippen LogP contribution in [-0.4, -0.2) is 13.3 Å². The minimum absolute atomic E-state index is 0.645. The molecule has 0 atom stereocenters. The second kappa shape index (κ2) is 3.00. The van der Waals surface area contributed by atoms with Crippen LogP contribution in [0.3, 0.4) is 0 Å². The highest BCUT2D eigenvalue weighted by molar-refractivity contribution is 7.70. The van der Waals surface area contributed by atoms with Crippen LogP contribution >= 0.6 is 18.7 Å². The highest BCUT2D eigenvalue weighted by Gasteiger charge is 2.09.